The van der Waals surface area contributed by atoms with Gasteiger partial charge in [-0.2, -0.15) is 5.10 Å². The van der Waals surface area contributed by atoms with E-state index in [0.717, 1.165) is 5.56 Å². The monoisotopic (exact) mass is 410 g/mol. The fourth-order valence-corrected chi connectivity index (χ4v) is 4.53. The molecule has 3 aromatic rings. The van der Waals surface area contributed by atoms with Gasteiger partial charge >= 0.3 is 0 Å². The number of halogens is 2. The number of carbonyl (C=O) groups is 2. The normalized spacial score (nSPS) is 20.0. The second-order valence-corrected chi connectivity index (χ2v) is 7.72. The van der Waals surface area contributed by atoms with Crippen molar-refractivity contribution in [2.45, 2.75) is 18.4 Å². The van der Waals surface area contributed by atoms with E-state index in [-0.39, 0.29) is 18.2 Å². The number of nitrogens with zero attached hydrogens (tertiary/aromatic N) is 3. The third-order valence-electron chi connectivity index (χ3n) is 5.71. The van der Waals surface area contributed by atoms with Crippen LogP contribution in [0.25, 0.3) is 0 Å². The van der Waals surface area contributed by atoms with E-state index in [2.05, 4.69) is 10.4 Å². The maximum atomic E-state index is 13.8. The molecule has 0 bridgehead atoms. The van der Waals surface area contributed by atoms with Crippen molar-refractivity contribution in [1.29, 1.82) is 0 Å². The number of amides is 2. The smallest absolute Gasteiger partial charge is 0.242 e. The van der Waals surface area contributed by atoms with Crippen molar-refractivity contribution in [2.75, 3.05) is 17.3 Å². The van der Waals surface area contributed by atoms with Gasteiger partial charge in [0.15, 0.2) is 0 Å². The number of fused-ring (bicyclic) bond motifs is 4. The number of likely N-dealkylation sites (N-methyl/N-ethyl adjacent to an activating group) is 1. The third kappa shape index (κ3) is 2.43. The first kappa shape index (κ1) is 17.9. The van der Waals surface area contributed by atoms with Crippen LogP contribution in [0.3, 0.4) is 0 Å². The number of hydrogen-bond acceptors (Lipinski definition) is 3. The van der Waals surface area contributed by atoms with Crippen LogP contribution < -0.4 is 10.2 Å². The summed E-state index contributed by atoms with van der Waals surface area (Å²) in [5, 5.41) is 7.88. The minimum atomic E-state index is -1.21. The third-order valence-corrected chi connectivity index (χ3v) is 6.08. The fourth-order valence-electron chi connectivity index (χ4n) is 4.33. The maximum Gasteiger partial charge on any atom is 0.242 e. The molecule has 2 aliphatic rings. The van der Waals surface area contributed by atoms with E-state index in [4.69, 9.17) is 11.6 Å². The highest BCUT2D eigenvalue weighted by atomic mass is 35.5. The van der Waals surface area contributed by atoms with Crippen molar-refractivity contribution < 1.29 is 14.0 Å². The topological polar surface area (TPSA) is 67.2 Å². The Morgan fingerprint density at radius 1 is 1.21 bits per heavy atom. The second-order valence-electron chi connectivity index (χ2n) is 7.31. The summed E-state index contributed by atoms with van der Waals surface area (Å²) < 4.78 is 15.5. The minimum Gasteiger partial charge on any atom is -0.314 e. The van der Waals surface area contributed by atoms with Gasteiger partial charge in [0, 0.05) is 24.1 Å². The molecule has 3 heterocycles. The van der Waals surface area contributed by atoms with Gasteiger partial charge < -0.3 is 10.2 Å². The summed E-state index contributed by atoms with van der Waals surface area (Å²) in [7, 11) is 1.59. The highest BCUT2D eigenvalue weighted by molar-refractivity contribution is 6.31. The molecule has 0 saturated heterocycles. The molecule has 1 aromatic heterocycles. The number of nitrogens with one attached hydrogen (secondary N) is 1. The molecule has 1 unspecified atom stereocenters. The molecule has 0 fully saturated rings. The standard InChI is InChI=1S/C21H16ClFN4O2/c1-26-17-8-13(23)6-7-14(17)21(20(26)29)9-18(28)25-19-15(21)10-24-27(19)11-12-4-2-3-5-16(12)22/h2-8,10H,9,11H2,1H3,(H,25,28). The molecule has 0 aliphatic carbocycles. The Bertz CT molecular complexity index is 1190. The molecule has 29 heavy (non-hydrogen) atoms. The molecule has 0 radical (unpaired) electrons. The summed E-state index contributed by atoms with van der Waals surface area (Å²) in [6.07, 6.45) is 1.55. The number of carbonyl (C=O) groups excluding carboxylic acids is 2. The molecule has 0 saturated carbocycles. The van der Waals surface area contributed by atoms with Crippen LogP contribution in [0.15, 0.2) is 48.7 Å². The van der Waals surface area contributed by atoms with E-state index in [1.807, 2.05) is 18.2 Å². The number of rotatable bonds is 2. The molecule has 8 heteroatoms. The Morgan fingerprint density at radius 2 is 2.00 bits per heavy atom. The highest BCUT2D eigenvalue weighted by Crippen LogP contribution is 2.51. The Labute approximate surface area is 170 Å². The van der Waals surface area contributed by atoms with Crippen molar-refractivity contribution in [3.05, 3.63) is 76.2 Å². The molecule has 2 amide bonds. The molecule has 1 spiro atoms. The van der Waals surface area contributed by atoms with Crippen LogP contribution in [-0.2, 0) is 21.5 Å². The van der Waals surface area contributed by atoms with E-state index in [0.29, 0.717) is 34.2 Å². The van der Waals surface area contributed by atoms with E-state index < -0.39 is 11.2 Å². The van der Waals surface area contributed by atoms with Crippen molar-refractivity contribution in [1.82, 2.24) is 9.78 Å². The quantitative estimate of drug-likeness (QED) is 0.704. The van der Waals surface area contributed by atoms with E-state index in [1.165, 1.54) is 17.0 Å². The van der Waals surface area contributed by atoms with E-state index in [1.54, 1.807) is 30.1 Å². The molecular formula is C21H16ClFN4O2. The summed E-state index contributed by atoms with van der Waals surface area (Å²) in [5.74, 6) is -0.542. The van der Waals surface area contributed by atoms with Crippen molar-refractivity contribution in [3.8, 4) is 0 Å². The number of aromatic nitrogens is 2. The van der Waals surface area contributed by atoms with Gasteiger partial charge in [-0.05, 0) is 29.3 Å². The fraction of sp³-hybridized carbons (Fsp3) is 0.190. The maximum absolute atomic E-state index is 13.8. The Morgan fingerprint density at radius 3 is 2.79 bits per heavy atom. The van der Waals surface area contributed by atoms with Crippen LogP contribution in [0.1, 0.15) is 23.1 Å². The average Bonchev–Trinajstić information content (AvgIpc) is 3.18. The molecule has 146 valence electrons. The van der Waals surface area contributed by atoms with Gasteiger partial charge in [0.05, 0.1) is 18.4 Å². The summed E-state index contributed by atoms with van der Waals surface area (Å²) in [6.45, 7) is 0.339. The molecule has 1 atom stereocenters. The number of anilines is 2. The number of benzene rings is 2. The van der Waals surface area contributed by atoms with Crippen LogP contribution in [0.5, 0.6) is 0 Å². The minimum absolute atomic E-state index is 0.0560. The molecule has 2 aliphatic heterocycles. The Kier molecular flexibility index (Phi) is 3.79. The lowest BCUT2D eigenvalue weighted by molar-refractivity contribution is -0.126. The van der Waals surface area contributed by atoms with Crippen molar-refractivity contribution >= 4 is 34.9 Å². The molecule has 6 nitrogen and oxygen atoms in total. The van der Waals surface area contributed by atoms with Crippen molar-refractivity contribution in [2.24, 2.45) is 0 Å². The SMILES string of the molecule is CN1C(=O)C2(CC(=O)Nc3c2cnn3Cc2ccccc2Cl)c2ccc(F)cc21. The first-order chi connectivity index (χ1) is 13.9. The molecular weight excluding hydrogens is 395 g/mol. The Balaban J connectivity index is 1.69. The van der Waals surface area contributed by atoms with Gasteiger partial charge in [0.25, 0.3) is 0 Å². The first-order valence-electron chi connectivity index (χ1n) is 9.09. The van der Waals surface area contributed by atoms with Crippen LogP contribution in [-0.4, -0.2) is 28.6 Å². The highest BCUT2D eigenvalue weighted by Gasteiger charge is 2.56. The predicted molar refractivity (Wildman–Crippen MR) is 107 cm³/mol. The largest absolute Gasteiger partial charge is 0.314 e. The summed E-state index contributed by atoms with van der Waals surface area (Å²) >= 11 is 6.27. The van der Waals surface area contributed by atoms with Gasteiger partial charge in [0.2, 0.25) is 11.8 Å². The zero-order chi connectivity index (χ0) is 20.3. The van der Waals surface area contributed by atoms with Gasteiger partial charge in [-0.25, -0.2) is 9.07 Å². The lowest BCUT2D eigenvalue weighted by Crippen LogP contribution is -2.45. The summed E-state index contributed by atoms with van der Waals surface area (Å²) in [5.41, 5.74) is 1.31. The summed E-state index contributed by atoms with van der Waals surface area (Å²) in [6, 6.07) is 11.6. The molecule has 2 aromatic carbocycles. The van der Waals surface area contributed by atoms with Crippen molar-refractivity contribution in [3.63, 3.8) is 0 Å². The lowest BCUT2D eigenvalue weighted by atomic mass is 9.72. The average molecular weight is 411 g/mol. The zero-order valence-corrected chi connectivity index (χ0v) is 16.2. The second kappa shape index (κ2) is 6.15. The van der Waals surface area contributed by atoms with Gasteiger partial charge in [0.1, 0.15) is 17.1 Å². The Hall–Kier alpha value is -3.19. The molecule has 5 rings (SSSR count). The van der Waals surface area contributed by atoms with Gasteiger partial charge in [-0.3, -0.25) is 9.59 Å². The lowest BCUT2D eigenvalue weighted by Gasteiger charge is -2.32. The van der Waals surface area contributed by atoms with Crippen LogP contribution >= 0.6 is 11.6 Å². The predicted octanol–water partition coefficient (Wildman–Crippen LogP) is 3.33. The van der Waals surface area contributed by atoms with Crippen LogP contribution in [0.4, 0.5) is 15.9 Å². The van der Waals surface area contributed by atoms with E-state index in [9.17, 15) is 14.0 Å². The summed E-state index contributed by atoms with van der Waals surface area (Å²) in [4.78, 5) is 27.4. The van der Waals surface area contributed by atoms with Crippen LogP contribution in [0.2, 0.25) is 5.02 Å². The van der Waals surface area contributed by atoms with E-state index >= 15 is 0 Å². The number of hydrogen-bond donors (Lipinski definition) is 1. The van der Waals surface area contributed by atoms with Gasteiger partial charge in [-0.15, -0.1) is 0 Å². The zero-order valence-electron chi connectivity index (χ0n) is 15.4. The first-order valence-corrected chi connectivity index (χ1v) is 9.47. The van der Waals surface area contributed by atoms with Gasteiger partial charge in [-0.1, -0.05) is 35.9 Å². The molecule has 1 N–H and O–H groups in total. The van der Waals surface area contributed by atoms with Crippen LogP contribution in [0, 0.1) is 5.82 Å².